The van der Waals surface area contributed by atoms with Crippen LogP contribution >= 0.6 is 0 Å². The average Bonchev–Trinajstić information content (AvgIpc) is 3.11. The van der Waals surface area contributed by atoms with E-state index in [2.05, 4.69) is 10.4 Å². The molecule has 0 fully saturated rings. The molecule has 0 atom stereocenters. The fourth-order valence-corrected chi connectivity index (χ4v) is 2.81. The third-order valence-corrected chi connectivity index (χ3v) is 4.34. The number of aromatic nitrogens is 4. The van der Waals surface area contributed by atoms with Crippen LogP contribution in [0.3, 0.4) is 0 Å². The first kappa shape index (κ1) is 20.0. The molecule has 0 aliphatic carbocycles. The minimum atomic E-state index is -0.726. The van der Waals surface area contributed by atoms with Crippen LogP contribution < -0.4 is 4.68 Å². The number of carbonyl (C=O) groups excluding carboxylic acids is 2. The van der Waals surface area contributed by atoms with Crippen molar-refractivity contribution in [2.24, 2.45) is 17.9 Å². The summed E-state index contributed by atoms with van der Waals surface area (Å²) in [6.45, 7) is 13.6. The molecule has 7 heteroatoms. The van der Waals surface area contributed by atoms with Crippen LogP contribution in [-0.2, 0) is 13.6 Å². The molecule has 0 N–H and O–H groups in total. The third-order valence-electron chi connectivity index (χ3n) is 4.34. The van der Waals surface area contributed by atoms with Gasteiger partial charge in [0.15, 0.2) is 12.0 Å². The fourth-order valence-electron chi connectivity index (χ4n) is 2.81. The molecule has 2 heterocycles. The van der Waals surface area contributed by atoms with Gasteiger partial charge in [-0.25, -0.2) is 0 Å². The Balaban J connectivity index is 2.28. The van der Waals surface area contributed by atoms with Gasteiger partial charge in [-0.2, -0.15) is 0 Å². The van der Waals surface area contributed by atoms with Gasteiger partial charge in [0.2, 0.25) is 11.5 Å². The average molecular weight is 361 g/mol. The molecule has 0 spiro atoms. The summed E-state index contributed by atoms with van der Waals surface area (Å²) < 4.78 is 8.24. The molecule has 0 aromatic carbocycles. The molecule has 7 nitrogen and oxygen atoms in total. The minimum Gasteiger partial charge on any atom is -0.364 e. The van der Waals surface area contributed by atoms with E-state index in [0.29, 0.717) is 23.5 Å². The van der Waals surface area contributed by atoms with E-state index in [1.807, 2.05) is 48.5 Å². The predicted octanol–water partition coefficient (Wildman–Crippen LogP) is 2.96. The molecule has 0 bridgehead atoms. The summed E-state index contributed by atoms with van der Waals surface area (Å²) in [6, 6.07) is 0. The van der Waals surface area contributed by atoms with Crippen LogP contribution in [0.5, 0.6) is 0 Å². The zero-order valence-electron chi connectivity index (χ0n) is 17.0. The van der Waals surface area contributed by atoms with E-state index in [1.54, 1.807) is 22.6 Å². The SMILES string of the molecule is CC(C)c1nocc1C(=O)C(C)(C)C[n+]1cc(C(=O)C(C)(C)C)n(C)n1. The van der Waals surface area contributed by atoms with E-state index in [0.717, 1.165) is 0 Å². The van der Waals surface area contributed by atoms with Crippen molar-refractivity contribution in [3.63, 3.8) is 0 Å². The van der Waals surface area contributed by atoms with Gasteiger partial charge >= 0.3 is 0 Å². The van der Waals surface area contributed by atoms with Gasteiger partial charge in [-0.15, -0.1) is 9.36 Å². The van der Waals surface area contributed by atoms with Crippen molar-refractivity contribution < 1.29 is 18.8 Å². The highest BCUT2D eigenvalue weighted by Crippen LogP contribution is 2.27. The molecule has 2 aromatic rings. The lowest BCUT2D eigenvalue weighted by Crippen LogP contribution is -2.46. The van der Waals surface area contributed by atoms with Crippen molar-refractivity contribution in [1.29, 1.82) is 0 Å². The molecule has 0 aliphatic rings. The third kappa shape index (κ3) is 3.92. The summed E-state index contributed by atoms with van der Waals surface area (Å²) in [7, 11) is 1.74. The predicted molar refractivity (Wildman–Crippen MR) is 95.9 cm³/mol. The lowest BCUT2D eigenvalue weighted by molar-refractivity contribution is -0.762. The maximum Gasteiger partial charge on any atom is 0.233 e. The number of nitrogens with zero attached hydrogens (tertiary/aromatic N) is 4. The maximum atomic E-state index is 13.0. The smallest absolute Gasteiger partial charge is 0.233 e. The first-order valence-electron chi connectivity index (χ1n) is 8.82. The Kier molecular flexibility index (Phi) is 5.21. The topological polar surface area (TPSA) is 81.9 Å². The number of Topliss-reactive ketones (excluding diaryl/α,β-unsaturated/α-hetero) is 2. The maximum absolute atomic E-state index is 13.0. The van der Waals surface area contributed by atoms with Gasteiger partial charge in [0, 0.05) is 5.41 Å². The molecule has 0 amide bonds. The highest BCUT2D eigenvalue weighted by molar-refractivity contribution is 6.00. The Morgan fingerprint density at radius 2 is 1.81 bits per heavy atom. The lowest BCUT2D eigenvalue weighted by atomic mass is 9.83. The second-order valence-electron chi connectivity index (χ2n) is 8.79. The van der Waals surface area contributed by atoms with Crippen LogP contribution in [0.1, 0.15) is 80.9 Å². The standard InChI is InChI=1S/C19H29N4O3/c1-12(2)15-13(10-26-20-15)16(24)19(6,7)11-23-9-14(22(8)21-23)17(25)18(3,4)5/h9-10,12H,11H2,1-8H3/q+1. The summed E-state index contributed by atoms with van der Waals surface area (Å²) in [5.41, 5.74) is 0.473. The molecule has 0 radical (unpaired) electrons. The molecular weight excluding hydrogens is 332 g/mol. The quantitative estimate of drug-likeness (QED) is 0.583. The van der Waals surface area contributed by atoms with Crippen LogP contribution in [0.4, 0.5) is 0 Å². The lowest BCUT2D eigenvalue weighted by Gasteiger charge is -2.19. The molecule has 0 saturated heterocycles. The summed E-state index contributed by atoms with van der Waals surface area (Å²) in [5.74, 6) is 0.0582. The molecule has 0 aliphatic heterocycles. The van der Waals surface area contributed by atoms with Crippen LogP contribution in [-0.4, -0.2) is 26.6 Å². The van der Waals surface area contributed by atoms with Crippen molar-refractivity contribution in [3.05, 3.63) is 29.4 Å². The van der Waals surface area contributed by atoms with Crippen LogP contribution in [0.25, 0.3) is 0 Å². The number of carbonyl (C=O) groups is 2. The normalized spacial score (nSPS) is 12.7. The van der Waals surface area contributed by atoms with Gasteiger partial charge in [0.1, 0.15) is 19.9 Å². The van der Waals surface area contributed by atoms with E-state index in [9.17, 15) is 9.59 Å². The van der Waals surface area contributed by atoms with Crippen molar-refractivity contribution in [3.8, 4) is 0 Å². The second kappa shape index (κ2) is 6.78. The minimum absolute atomic E-state index is 0.0107. The fraction of sp³-hybridized carbons (Fsp3) is 0.632. The monoisotopic (exact) mass is 361 g/mol. The number of aryl methyl sites for hydroxylation is 1. The van der Waals surface area contributed by atoms with E-state index >= 15 is 0 Å². The van der Waals surface area contributed by atoms with Gasteiger partial charge in [-0.1, -0.05) is 39.8 Å². The van der Waals surface area contributed by atoms with Gasteiger partial charge in [-0.05, 0) is 19.8 Å². The molecule has 142 valence electrons. The molecule has 2 aromatic heterocycles. The van der Waals surface area contributed by atoms with Crippen molar-refractivity contribution >= 4 is 11.6 Å². The van der Waals surface area contributed by atoms with Crippen molar-refractivity contribution in [2.75, 3.05) is 0 Å². The summed E-state index contributed by atoms with van der Waals surface area (Å²) in [4.78, 5) is 25.6. The van der Waals surface area contributed by atoms with Crippen molar-refractivity contribution in [1.82, 2.24) is 15.1 Å². The Bertz CT molecular complexity index is 822. The van der Waals surface area contributed by atoms with Crippen LogP contribution in [0.2, 0.25) is 0 Å². The van der Waals surface area contributed by atoms with Crippen molar-refractivity contribution in [2.45, 2.75) is 60.9 Å². The van der Waals surface area contributed by atoms with Crippen LogP contribution in [0, 0.1) is 10.8 Å². The first-order valence-corrected chi connectivity index (χ1v) is 8.82. The van der Waals surface area contributed by atoms with Crippen LogP contribution in [0.15, 0.2) is 17.0 Å². The first-order chi connectivity index (χ1) is 11.8. The van der Waals surface area contributed by atoms with E-state index < -0.39 is 10.8 Å². The summed E-state index contributed by atoms with van der Waals surface area (Å²) >= 11 is 0. The van der Waals surface area contributed by atoms with E-state index in [1.165, 1.54) is 6.26 Å². The van der Waals surface area contributed by atoms with Gasteiger partial charge in [-0.3, -0.25) is 9.59 Å². The number of hydrogen-bond donors (Lipinski definition) is 0. The largest absolute Gasteiger partial charge is 0.364 e. The van der Waals surface area contributed by atoms with E-state index in [4.69, 9.17) is 4.52 Å². The Labute approximate surface area is 154 Å². The zero-order valence-corrected chi connectivity index (χ0v) is 17.0. The molecule has 0 saturated carbocycles. The van der Waals surface area contributed by atoms with Gasteiger partial charge in [0.05, 0.1) is 21.9 Å². The second-order valence-corrected chi connectivity index (χ2v) is 8.79. The number of hydrogen-bond acceptors (Lipinski definition) is 5. The summed E-state index contributed by atoms with van der Waals surface area (Å²) in [5, 5.41) is 8.33. The Morgan fingerprint density at radius 1 is 1.19 bits per heavy atom. The van der Waals surface area contributed by atoms with Gasteiger partial charge < -0.3 is 4.52 Å². The molecule has 0 unspecified atom stereocenters. The van der Waals surface area contributed by atoms with E-state index in [-0.39, 0.29) is 17.5 Å². The highest BCUT2D eigenvalue weighted by atomic mass is 16.5. The molecule has 26 heavy (non-hydrogen) atoms. The molecular formula is C19H29N4O3+. The number of rotatable bonds is 6. The zero-order chi connectivity index (χ0) is 19.9. The van der Waals surface area contributed by atoms with Gasteiger partial charge in [0.25, 0.3) is 0 Å². The Hall–Kier alpha value is -2.31. The molecule has 2 rings (SSSR count). The Morgan fingerprint density at radius 3 is 2.35 bits per heavy atom. The summed E-state index contributed by atoms with van der Waals surface area (Å²) in [6.07, 6.45) is 3.12. The number of ketones is 2. The highest BCUT2D eigenvalue weighted by Gasteiger charge is 2.37.